The molecule has 0 radical (unpaired) electrons. The Balaban J connectivity index is 1.27. The van der Waals surface area contributed by atoms with Crippen molar-refractivity contribution in [1.82, 2.24) is 4.98 Å². The third kappa shape index (κ3) is 5.82. The van der Waals surface area contributed by atoms with Crippen LogP contribution in [0.2, 0.25) is 0 Å². The van der Waals surface area contributed by atoms with Crippen molar-refractivity contribution in [3.05, 3.63) is 77.2 Å². The fourth-order valence-corrected chi connectivity index (χ4v) is 8.30. The van der Waals surface area contributed by atoms with Gasteiger partial charge in [0.2, 0.25) is 0 Å². The summed E-state index contributed by atoms with van der Waals surface area (Å²) in [7, 11) is 0. The molecule has 4 heteroatoms. The summed E-state index contributed by atoms with van der Waals surface area (Å²) in [6.45, 7) is 11.1. The molecule has 0 spiro atoms. The van der Waals surface area contributed by atoms with Crippen LogP contribution in [-0.2, 0) is 11.8 Å². The van der Waals surface area contributed by atoms with E-state index < -0.39 is 18.3 Å². The molecule has 0 saturated heterocycles. The van der Waals surface area contributed by atoms with E-state index in [1.54, 1.807) is 0 Å². The van der Waals surface area contributed by atoms with Crippen LogP contribution in [0.15, 0.2) is 65.8 Å². The molecular formula is C36H51NO3. The molecule has 5 rings (SSSR count). The first-order valence-corrected chi connectivity index (χ1v) is 16.0. The Kier molecular flexibility index (Phi) is 8.90. The number of allylic oxidation sites excluding steroid dienone is 4. The van der Waals surface area contributed by atoms with E-state index in [4.69, 9.17) is 4.98 Å². The summed E-state index contributed by atoms with van der Waals surface area (Å²) in [6.07, 6.45) is 19.5. The van der Waals surface area contributed by atoms with Crippen LogP contribution in [0.1, 0.15) is 103 Å². The first-order valence-electron chi connectivity index (χ1n) is 16.0. The van der Waals surface area contributed by atoms with Crippen LogP contribution in [0.5, 0.6) is 0 Å². The number of aliphatic hydroxyl groups excluding tert-OH is 3. The van der Waals surface area contributed by atoms with Crippen LogP contribution in [0, 0.1) is 23.2 Å². The Bertz CT molecular complexity index is 1160. The van der Waals surface area contributed by atoms with Gasteiger partial charge >= 0.3 is 0 Å². The zero-order valence-electron chi connectivity index (χ0n) is 25.0. The van der Waals surface area contributed by atoms with Crippen molar-refractivity contribution < 1.29 is 15.3 Å². The van der Waals surface area contributed by atoms with Crippen molar-refractivity contribution in [2.45, 2.75) is 122 Å². The maximum absolute atomic E-state index is 11.4. The molecule has 0 unspecified atom stereocenters. The van der Waals surface area contributed by atoms with Crippen molar-refractivity contribution in [3.63, 3.8) is 0 Å². The standard InChI is InChI=1S/C36H51NO3/c1-5-6-10-28-11-7-12-33(37-28)36(20-21-36)34(40)18-13-24(2)30-16-17-31-26(9-8-19-35(30,31)4)14-15-27-22-29(38)23-32(39)25(27)3/h7,11-15,18,24,29-32,34,38-40H,3,5-6,8-10,16-17,19-23H2,1-2,4H3/b18-13+,26-14+,27-15-/t24-,29-,30-,31+,32+,34+,35-/m1/s1. The van der Waals surface area contributed by atoms with E-state index in [2.05, 4.69) is 69.9 Å². The van der Waals surface area contributed by atoms with Gasteiger partial charge in [0.25, 0.3) is 0 Å². The molecule has 4 saturated carbocycles. The van der Waals surface area contributed by atoms with Crippen LogP contribution >= 0.6 is 0 Å². The largest absolute Gasteiger partial charge is 0.393 e. The summed E-state index contributed by atoms with van der Waals surface area (Å²) >= 11 is 0. The lowest BCUT2D eigenvalue weighted by Crippen LogP contribution is -2.35. The fourth-order valence-electron chi connectivity index (χ4n) is 8.30. The van der Waals surface area contributed by atoms with Gasteiger partial charge in [0.1, 0.15) is 0 Å². The first-order chi connectivity index (χ1) is 19.2. The van der Waals surface area contributed by atoms with Gasteiger partial charge in [-0.15, -0.1) is 0 Å². The molecule has 1 aromatic rings. The van der Waals surface area contributed by atoms with Gasteiger partial charge in [0.05, 0.1) is 18.3 Å². The minimum absolute atomic E-state index is 0.209. The summed E-state index contributed by atoms with van der Waals surface area (Å²) in [6, 6.07) is 6.35. The molecule has 4 fully saturated rings. The monoisotopic (exact) mass is 545 g/mol. The van der Waals surface area contributed by atoms with Crippen molar-refractivity contribution >= 4 is 0 Å². The Labute approximate surface area is 242 Å². The number of fused-ring (bicyclic) bond motifs is 1. The van der Waals surface area contributed by atoms with Crippen molar-refractivity contribution in [2.24, 2.45) is 23.2 Å². The van der Waals surface area contributed by atoms with Gasteiger partial charge in [-0.1, -0.05) is 69.7 Å². The maximum atomic E-state index is 11.4. The van der Waals surface area contributed by atoms with Gasteiger partial charge in [-0.2, -0.15) is 0 Å². The fraction of sp³-hybridized carbons (Fsp3) is 0.639. The highest BCUT2D eigenvalue weighted by atomic mass is 16.3. The number of aromatic nitrogens is 1. The van der Waals surface area contributed by atoms with Crippen LogP contribution in [0.4, 0.5) is 0 Å². The average Bonchev–Trinajstić information content (AvgIpc) is 3.68. The summed E-state index contributed by atoms with van der Waals surface area (Å²) in [5.74, 6) is 1.57. The summed E-state index contributed by atoms with van der Waals surface area (Å²) in [5, 5.41) is 31.8. The van der Waals surface area contributed by atoms with Gasteiger partial charge in [-0.05, 0) is 111 Å². The lowest BCUT2D eigenvalue weighted by atomic mass is 9.61. The van der Waals surface area contributed by atoms with Gasteiger partial charge in [-0.3, -0.25) is 4.98 Å². The summed E-state index contributed by atoms with van der Waals surface area (Å²) in [5.41, 5.74) is 5.54. The van der Waals surface area contributed by atoms with Gasteiger partial charge < -0.3 is 15.3 Å². The molecule has 4 aliphatic carbocycles. The minimum Gasteiger partial charge on any atom is -0.393 e. The van der Waals surface area contributed by atoms with Crippen LogP contribution < -0.4 is 0 Å². The summed E-state index contributed by atoms with van der Waals surface area (Å²) in [4.78, 5) is 4.97. The number of nitrogens with zero attached hydrogens (tertiary/aromatic N) is 1. The molecule has 4 nitrogen and oxygen atoms in total. The zero-order valence-corrected chi connectivity index (χ0v) is 25.0. The summed E-state index contributed by atoms with van der Waals surface area (Å²) < 4.78 is 0. The molecule has 4 aliphatic rings. The average molecular weight is 546 g/mol. The Hall–Kier alpha value is -2.01. The van der Waals surface area contributed by atoms with E-state index in [9.17, 15) is 15.3 Å². The van der Waals surface area contributed by atoms with Crippen LogP contribution in [0.3, 0.4) is 0 Å². The molecule has 40 heavy (non-hydrogen) atoms. The van der Waals surface area contributed by atoms with E-state index in [-0.39, 0.29) is 10.8 Å². The third-order valence-corrected chi connectivity index (χ3v) is 11.0. The highest BCUT2D eigenvalue weighted by molar-refractivity contribution is 5.39. The molecule has 0 amide bonds. The second kappa shape index (κ2) is 12.1. The van der Waals surface area contributed by atoms with E-state index in [0.717, 1.165) is 54.6 Å². The van der Waals surface area contributed by atoms with E-state index in [0.29, 0.717) is 30.6 Å². The quantitative estimate of drug-likeness (QED) is 0.288. The number of unbranched alkanes of at least 4 members (excludes halogenated alkanes) is 1. The lowest BCUT2D eigenvalue weighted by molar-refractivity contribution is 0.0862. The highest BCUT2D eigenvalue weighted by Crippen LogP contribution is 2.60. The molecule has 0 bridgehead atoms. The Morgan fingerprint density at radius 2 is 1.93 bits per heavy atom. The van der Waals surface area contributed by atoms with Gasteiger partial charge in [0.15, 0.2) is 0 Å². The minimum atomic E-state index is -0.639. The van der Waals surface area contributed by atoms with Crippen LogP contribution in [0.25, 0.3) is 0 Å². The molecule has 0 aliphatic heterocycles. The van der Waals surface area contributed by atoms with Crippen LogP contribution in [-0.4, -0.2) is 38.6 Å². The Morgan fingerprint density at radius 1 is 1.12 bits per heavy atom. The second-order valence-corrected chi connectivity index (χ2v) is 13.6. The molecule has 0 aromatic carbocycles. The topological polar surface area (TPSA) is 73.6 Å². The smallest absolute Gasteiger partial charge is 0.0832 e. The maximum Gasteiger partial charge on any atom is 0.0832 e. The predicted molar refractivity (Wildman–Crippen MR) is 163 cm³/mol. The van der Waals surface area contributed by atoms with Gasteiger partial charge in [-0.25, -0.2) is 0 Å². The van der Waals surface area contributed by atoms with Gasteiger partial charge in [0, 0.05) is 23.2 Å². The first kappa shape index (κ1) is 29.5. The lowest BCUT2D eigenvalue weighted by Gasteiger charge is -2.44. The van der Waals surface area contributed by atoms with E-state index in [1.807, 2.05) is 0 Å². The number of rotatable bonds is 9. The number of aryl methyl sites for hydroxylation is 1. The molecule has 3 N–H and O–H groups in total. The van der Waals surface area contributed by atoms with E-state index in [1.165, 1.54) is 37.7 Å². The highest BCUT2D eigenvalue weighted by Gasteiger charge is 2.52. The number of pyridine rings is 1. The predicted octanol–water partition coefficient (Wildman–Crippen LogP) is 7.15. The van der Waals surface area contributed by atoms with Crippen molar-refractivity contribution in [1.29, 1.82) is 0 Å². The normalized spacial score (nSPS) is 35.3. The number of hydrogen-bond donors (Lipinski definition) is 3. The Morgan fingerprint density at radius 3 is 2.67 bits per heavy atom. The second-order valence-electron chi connectivity index (χ2n) is 13.6. The SMILES string of the molecule is C=C1/C(=C\C=C2/CCC[C@]3(C)[C@@H]([C@H](C)/C=C/[C@H](O)C4(c5cccc(CCCC)n5)CC4)CC[C@@H]23)C[C@@H](O)C[C@@H]1O. The van der Waals surface area contributed by atoms with E-state index >= 15 is 0 Å². The number of aliphatic hydroxyl groups is 3. The molecular weight excluding hydrogens is 494 g/mol. The zero-order chi connectivity index (χ0) is 28.5. The van der Waals surface area contributed by atoms with Crippen molar-refractivity contribution in [3.8, 4) is 0 Å². The molecule has 218 valence electrons. The molecule has 1 aromatic heterocycles. The van der Waals surface area contributed by atoms with Crippen molar-refractivity contribution in [2.75, 3.05) is 0 Å². The third-order valence-electron chi connectivity index (χ3n) is 11.0. The molecule has 7 atom stereocenters. The number of hydrogen-bond acceptors (Lipinski definition) is 4. The molecule has 1 heterocycles.